The van der Waals surface area contributed by atoms with Crippen LogP contribution in [-0.2, 0) is 16.0 Å². The van der Waals surface area contributed by atoms with Crippen LogP contribution < -0.4 is 10.6 Å². The van der Waals surface area contributed by atoms with E-state index < -0.39 is 17.7 Å². The highest BCUT2D eigenvalue weighted by atomic mass is 32.1. The summed E-state index contributed by atoms with van der Waals surface area (Å²) in [5, 5.41) is 7.36. The molecule has 2 rings (SSSR count). The van der Waals surface area contributed by atoms with Crippen LogP contribution >= 0.6 is 11.3 Å². The number of thiazole rings is 1. The number of halogens is 2. The van der Waals surface area contributed by atoms with E-state index >= 15 is 0 Å². The van der Waals surface area contributed by atoms with Gasteiger partial charge in [0.1, 0.15) is 22.3 Å². The molecule has 1 aromatic heterocycles. The summed E-state index contributed by atoms with van der Waals surface area (Å²) in [7, 11) is 3.14. The lowest BCUT2D eigenvalue weighted by molar-refractivity contribution is 0.0944. The Morgan fingerprint density at radius 2 is 1.90 bits per heavy atom. The lowest BCUT2D eigenvalue weighted by Crippen LogP contribution is -2.36. The minimum atomic E-state index is -0.869. The van der Waals surface area contributed by atoms with Crippen molar-refractivity contribution in [2.45, 2.75) is 19.4 Å². The van der Waals surface area contributed by atoms with Gasteiger partial charge in [0.25, 0.3) is 5.91 Å². The Hall–Kier alpha value is -2.63. The zero-order chi connectivity index (χ0) is 22.6. The first-order valence-corrected chi connectivity index (χ1v) is 10.5. The molecule has 0 aliphatic heterocycles. The summed E-state index contributed by atoms with van der Waals surface area (Å²) < 4.78 is 37.0. The number of benzene rings is 1. The number of carbonyl (C=O) groups is 2. The summed E-state index contributed by atoms with van der Waals surface area (Å²) in [5.41, 5.74) is 0.137. The van der Waals surface area contributed by atoms with E-state index in [4.69, 9.17) is 9.47 Å². The predicted molar refractivity (Wildman–Crippen MR) is 113 cm³/mol. The monoisotopic (exact) mass is 456 g/mol. The summed E-state index contributed by atoms with van der Waals surface area (Å²) in [6, 6.07) is 2.35. The molecular formula is C20H26F2N4O4S. The van der Waals surface area contributed by atoms with Crippen LogP contribution in [0.1, 0.15) is 28.3 Å². The molecule has 8 nitrogen and oxygen atoms in total. The van der Waals surface area contributed by atoms with Gasteiger partial charge < -0.3 is 25.0 Å². The molecule has 2 N–H and O–H groups in total. The number of hydrogen-bond acceptors (Lipinski definition) is 6. The van der Waals surface area contributed by atoms with Gasteiger partial charge in [0.05, 0.1) is 12.2 Å². The second kappa shape index (κ2) is 12.9. The lowest BCUT2D eigenvalue weighted by Gasteiger charge is -2.22. The van der Waals surface area contributed by atoms with Gasteiger partial charge in [-0.05, 0) is 25.0 Å². The number of rotatable bonds is 12. The van der Waals surface area contributed by atoms with E-state index in [1.54, 1.807) is 19.6 Å². The molecule has 0 aliphatic carbocycles. The van der Waals surface area contributed by atoms with Crippen molar-refractivity contribution in [3.05, 3.63) is 45.9 Å². The zero-order valence-corrected chi connectivity index (χ0v) is 18.3. The molecular weight excluding hydrogens is 430 g/mol. The molecule has 0 aliphatic rings. The number of amides is 3. The second-order valence-electron chi connectivity index (χ2n) is 6.55. The van der Waals surface area contributed by atoms with Crippen molar-refractivity contribution in [2.75, 3.05) is 45.8 Å². The minimum Gasteiger partial charge on any atom is -0.385 e. The van der Waals surface area contributed by atoms with Crippen molar-refractivity contribution in [3.8, 4) is 0 Å². The van der Waals surface area contributed by atoms with Gasteiger partial charge in [-0.3, -0.25) is 4.79 Å². The average molecular weight is 457 g/mol. The Balaban J connectivity index is 2.02. The van der Waals surface area contributed by atoms with Crippen LogP contribution in [0.2, 0.25) is 0 Å². The Bertz CT molecular complexity index is 865. The third kappa shape index (κ3) is 8.19. The summed E-state index contributed by atoms with van der Waals surface area (Å²) in [4.78, 5) is 30.6. The number of nitrogens with zero attached hydrogens (tertiary/aromatic N) is 2. The fourth-order valence-corrected chi connectivity index (χ4v) is 3.39. The Labute approximate surface area is 183 Å². The molecule has 0 fully saturated rings. The van der Waals surface area contributed by atoms with E-state index in [9.17, 15) is 18.4 Å². The van der Waals surface area contributed by atoms with Gasteiger partial charge in [0.2, 0.25) is 0 Å². The molecule has 2 aromatic rings. The van der Waals surface area contributed by atoms with E-state index in [2.05, 4.69) is 15.6 Å². The molecule has 31 heavy (non-hydrogen) atoms. The first kappa shape index (κ1) is 24.6. The minimum absolute atomic E-state index is 0.125. The van der Waals surface area contributed by atoms with Gasteiger partial charge >= 0.3 is 6.03 Å². The normalized spacial score (nSPS) is 10.7. The quantitative estimate of drug-likeness (QED) is 0.479. The van der Waals surface area contributed by atoms with Crippen molar-refractivity contribution in [1.29, 1.82) is 0 Å². The summed E-state index contributed by atoms with van der Waals surface area (Å²) in [6.07, 6.45) is 1.24. The molecule has 1 heterocycles. The van der Waals surface area contributed by atoms with Crippen LogP contribution in [0, 0.1) is 11.6 Å². The standard InChI is InChI=1S/C20H26F2N4O4S/c1-29-9-3-7-23-19(27)17-13-31-18(24-17)12-26(8-4-10-30-2)20(28)25-16-6-5-14(21)11-15(16)22/h5-6,11,13H,3-4,7-10,12H2,1-2H3,(H,23,27)(H,25,28). The molecule has 0 bridgehead atoms. The number of urea groups is 1. The highest BCUT2D eigenvalue weighted by molar-refractivity contribution is 7.09. The smallest absolute Gasteiger partial charge is 0.322 e. The van der Waals surface area contributed by atoms with Crippen LogP contribution in [0.4, 0.5) is 19.3 Å². The van der Waals surface area contributed by atoms with Crippen LogP contribution in [0.3, 0.4) is 0 Å². The fourth-order valence-electron chi connectivity index (χ4n) is 2.60. The zero-order valence-electron chi connectivity index (χ0n) is 17.5. The van der Waals surface area contributed by atoms with Crippen LogP contribution in [0.5, 0.6) is 0 Å². The second-order valence-corrected chi connectivity index (χ2v) is 7.49. The molecule has 0 spiro atoms. The highest BCUT2D eigenvalue weighted by Crippen LogP contribution is 2.18. The molecule has 3 amide bonds. The number of carbonyl (C=O) groups excluding carboxylic acids is 2. The highest BCUT2D eigenvalue weighted by Gasteiger charge is 2.19. The fraction of sp³-hybridized carbons (Fsp3) is 0.450. The molecule has 11 heteroatoms. The molecule has 0 radical (unpaired) electrons. The van der Waals surface area contributed by atoms with Gasteiger partial charge in [-0.1, -0.05) is 0 Å². The van der Waals surface area contributed by atoms with Crippen LogP contribution in [-0.4, -0.2) is 62.3 Å². The topological polar surface area (TPSA) is 92.8 Å². The maximum Gasteiger partial charge on any atom is 0.322 e. The van der Waals surface area contributed by atoms with Gasteiger partial charge in [0.15, 0.2) is 0 Å². The van der Waals surface area contributed by atoms with Gasteiger partial charge in [-0.15, -0.1) is 11.3 Å². The molecule has 170 valence electrons. The van der Waals surface area contributed by atoms with E-state index in [1.165, 1.54) is 16.2 Å². The Kier molecular flexibility index (Phi) is 10.3. The van der Waals surface area contributed by atoms with Gasteiger partial charge in [-0.2, -0.15) is 0 Å². The lowest BCUT2D eigenvalue weighted by atomic mass is 10.3. The maximum atomic E-state index is 13.9. The molecule has 1 aromatic carbocycles. The number of ether oxygens (including phenoxy) is 2. The average Bonchev–Trinajstić information content (AvgIpc) is 3.21. The van der Waals surface area contributed by atoms with Crippen molar-refractivity contribution >= 4 is 29.0 Å². The first-order valence-electron chi connectivity index (χ1n) is 9.66. The van der Waals surface area contributed by atoms with E-state index in [1.807, 2.05) is 0 Å². The van der Waals surface area contributed by atoms with Gasteiger partial charge in [-0.25, -0.2) is 18.6 Å². The molecule has 0 atom stereocenters. The van der Waals surface area contributed by atoms with Crippen molar-refractivity contribution < 1.29 is 27.8 Å². The van der Waals surface area contributed by atoms with Crippen molar-refractivity contribution in [1.82, 2.24) is 15.2 Å². The largest absolute Gasteiger partial charge is 0.385 e. The first-order chi connectivity index (χ1) is 14.9. The van der Waals surface area contributed by atoms with Crippen LogP contribution in [0.15, 0.2) is 23.6 Å². The van der Waals surface area contributed by atoms with E-state index in [0.717, 1.165) is 12.1 Å². The summed E-state index contributed by atoms with van der Waals surface area (Å²) in [5.74, 6) is -1.91. The predicted octanol–water partition coefficient (Wildman–Crippen LogP) is 3.26. The number of hydrogen-bond donors (Lipinski definition) is 2. The number of anilines is 1. The third-order valence-corrected chi connectivity index (χ3v) is 4.99. The summed E-state index contributed by atoms with van der Waals surface area (Å²) >= 11 is 1.24. The van der Waals surface area contributed by atoms with E-state index in [0.29, 0.717) is 50.2 Å². The number of nitrogens with one attached hydrogen (secondary N) is 2. The Morgan fingerprint density at radius 3 is 2.61 bits per heavy atom. The summed E-state index contributed by atoms with van der Waals surface area (Å²) in [6.45, 7) is 1.89. The molecule has 0 saturated carbocycles. The van der Waals surface area contributed by atoms with Gasteiger partial charge in [0, 0.05) is 52.0 Å². The Morgan fingerprint density at radius 1 is 1.16 bits per heavy atom. The van der Waals surface area contributed by atoms with Crippen LogP contribution in [0.25, 0.3) is 0 Å². The molecule has 0 unspecified atom stereocenters. The van der Waals surface area contributed by atoms with E-state index in [-0.39, 0.29) is 23.8 Å². The molecule has 0 saturated heterocycles. The van der Waals surface area contributed by atoms with Crippen molar-refractivity contribution in [3.63, 3.8) is 0 Å². The number of aromatic nitrogens is 1. The third-order valence-electron chi connectivity index (χ3n) is 4.16. The van der Waals surface area contributed by atoms with Crippen molar-refractivity contribution in [2.24, 2.45) is 0 Å². The SMILES string of the molecule is COCCCNC(=O)c1csc(CN(CCCOC)C(=O)Nc2ccc(F)cc2F)n1. The number of methoxy groups -OCH3 is 2. The maximum absolute atomic E-state index is 13.9.